The van der Waals surface area contributed by atoms with E-state index in [-0.39, 0.29) is 29.2 Å². The highest BCUT2D eigenvalue weighted by Crippen LogP contribution is 2.34. The summed E-state index contributed by atoms with van der Waals surface area (Å²) in [5.74, 6) is -1.48. The van der Waals surface area contributed by atoms with Crippen molar-refractivity contribution in [3.05, 3.63) is 59.4 Å². The lowest BCUT2D eigenvalue weighted by Gasteiger charge is -2.21. The molecule has 3 rings (SSSR count). The van der Waals surface area contributed by atoms with E-state index in [1.165, 1.54) is 12.1 Å². The molecule has 164 valence electrons. The van der Waals surface area contributed by atoms with Crippen molar-refractivity contribution in [3.63, 3.8) is 0 Å². The Bertz CT molecular complexity index is 1140. The van der Waals surface area contributed by atoms with Crippen LogP contribution in [0.25, 0.3) is 11.1 Å². The second-order valence-corrected chi connectivity index (χ2v) is 8.32. The minimum absolute atomic E-state index is 0.168. The average molecular weight is 426 g/mol. The minimum Gasteiger partial charge on any atom is -0.461 e. The number of halogens is 1. The summed E-state index contributed by atoms with van der Waals surface area (Å²) < 4.78 is 22.4. The lowest BCUT2D eigenvalue weighted by molar-refractivity contribution is 0.0516. The molecule has 0 aliphatic rings. The standard InChI is InChI=1S/C23H27FN4O3/c1-7-31-22(30)20-19(17(13-27(20)6)15-9-8-10-16(24)12-15)25-21(29)18-11-14(2)28(26-18)23(3,4)5/h8-13H,7H2,1-6H3,(H,25,29). The molecule has 7 nitrogen and oxygen atoms in total. The van der Waals surface area contributed by atoms with E-state index < -0.39 is 17.7 Å². The molecule has 0 atom stereocenters. The van der Waals surface area contributed by atoms with Crippen LogP contribution in [0.4, 0.5) is 10.1 Å². The van der Waals surface area contributed by atoms with Gasteiger partial charge < -0.3 is 14.6 Å². The first-order valence-corrected chi connectivity index (χ1v) is 10.0. The van der Waals surface area contributed by atoms with Crippen molar-refractivity contribution in [2.75, 3.05) is 11.9 Å². The van der Waals surface area contributed by atoms with Crippen molar-refractivity contribution >= 4 is 17.6 Å². The van der Waals surface area contributed by atoms with E-state index in [0.717, 1.165) is 5.69 Å². The van der Waals surface area contributed by atoms with Gasteiger partial charge in [-0.3, -0.25) is 9.48 Å². The molecule has 0 aliphatic heterocycles. The number of carbonyl (C=O) groups is 2. The monoisotopic (exact) mass is 426 g/mol. The van der Waals surface area contributed by atoms with Gasteiger partial charge in [0.2, 0.25) is 0 Å². The lowest BCUT2D eigenvalue weighted by Crippen LogP contribution is -2.25. The van der Waals surface area contributed by atoms with E-state index in [9.17, 15) is 14.0 Å². The second-order valence-electron chi connectivity index (χ2n) is 8.32. The number of aromatic nitrogens is 3. The molecule has 0 saturated carbocycles. The van der Waals surface area contributed by atoms with Gasteiger partial charge in [0.15, 0.2) is 11.4 Å². The largest absolute Gasteiger partial charge is 0.461 e. The number of aryl methyl sites for hydroxylation is 2. The van der Waals surface area contributed by atoms with E-state index in [4.69, 9.17) is 4.74 Å². The smallest absolute Gasteiger partial charge is 0.357 e. The number of carbonyl (C=O) groups excluding carboxylic acids is 2. The molecule has 0 unspecified atom stereocenters. The zero-order valence-corrected chi connectivity index (χ0v) is 18.6. The molecule has 0 bridgehead atoms. The summed E-state index contributed by atoms with van der Waals surface area (Å²) in [6.07, 6.45) is 1.66. The molecule has 2 heterocycles. The Hall–Kier alpha value is -3.42. The molecule has 0 spiro atoms. The summed E-state index contributed by atoms with van der Waals surface area (Å²) >= 11 is 0. The van der Waals surface area contributed by atoms with Gasteiger partial charge in [-0.1, -0.05) is 12.1 Å². The maximum absolute atomic E-state index is 13.9. The first kappa shape index (κ1) is 22.3. The van der Waals surface area contributed by atoms with Gasteiger partial charge >= 0.3 is 5.97 Å². The van der Waals surface area contributed by atoms with Crippen molar-refractivity contribution in [1.29, 1.82) is 0 Å². The zero-order chi connectivity index (χ0) is 22.9. The first-order valence-electron chi connectivity index (χ1n) is 10.0. The van der Waals surface area contributed by atoms with Gasteiger partial charge in [0.05, 0.1) is 17.8 Å². The van der Waals surface area contributed by atoms with Crippen molar-refractivity contribution in [2.45, 2.75) is 40.2 Å². The molecule has 3 aromatic rings. The number of esters is 1. The van der Waals surface area contributed by atoms with Crippen LogP contribution >= 0.6 is 0 Å². The van der Waals surface area contributed by atoms with Gasteiger partial charge in [-0.2, -0.15) is 5.10 Å². The molecule has 1 aromatic carbocycles. The van der Waals surface area contributed by atoms with E-state index in [0.29, 0.717) is 11.1 Å². The predicted molar refractivity (Wildman–Crippen MR) is 117 cm³/mol. The molecule has 8 heteroatoms. The first-order chi connectivity index (χ1) is 14.5. The highest BCUT2D eigenvalue weighted by molar-refractivity contribution is 6.10. The van der Waals surface area contributed by atoms with Crippen molar-refractivity contribution < 1.29 is 18.7 Å². The number of nitrogens with zero attached hydrogens (tertiary/aromatic N) is 3. The lowest BCUT2D eigenvalue weighted by atomic mass is 10.1. The average Bonchev–Trinajstić information content (AvgIpc) is 3.22. The molecule has 1 amide bonds. The van der Waals surface area contributed by atoms with Crippen LogP contribution in [-0.4, -0.2) is 32.8 Å². The Kier molecular flexibility index (Phi) is 6.01. The number of rotatable bonds is 5. The van der Waals surface area contributed by atoms with Crippen molar-refractivity contribution in [2.24, 2.45) is 7.05 Å². The molecular weight excluding hydrogens is 399 g/mol. The maximum atomic E-state index is 13.9. The fourth-order valence-electron chi connectivity index (χ4n) is 3.52. The van der Waals surface area contributed by atoms with E-state index in [1.54, 1.807) is 47.6 Å². The van der Waals surface area contributed by atoms with E-state index in [1.807, 2.05) is 27.7 Å². The zero-order valence-electron chi connectivity index (χ0n) is 18.6. The molecule has 0 radical (unpaired) electrons. The fraction of sp³-hybridized carbons (Fsp3) is 0.348. The quantitative estimate of drug-likeness (QED) is 0.609. The number of ether oxygens (including phenoxy) is 1. The molecule has 2 aromatic heterocycles. The molecule has 31 heavy (non-hydrogen) atoms. The third-order valence-electron chi connectivity index (χ3n) is 4.78. The summed E-state index contributed by atoms with van der Waals surface area (Å²) in [7, 11) is 1.67. The Morgan fingerprint density at radius 1 is 1.23 bits per heavy atom. The van der Waals surface area contributed by atoms with Gasteiger partial charge in [0.1, 0.15) is 5.82 Å². The topological polar surface area (TPSA) is 78.2 Å². The minimum atomic E-state index is -0.584. The summed E-state index contributed by atoms with van der Waals surface area (Å²) in [5.41, 5.74) is 2.21. The maximum Gasteiger partial charge on any atom is 0.357 e. The number of hydrogen-bond donors (Lipinski definition) is 1. The third kappa shape index (κ3) is 4.52. The highest BCUT2D eigenvalue weighted by atomic mass is 19.1. The molecule has 0 saturated heterocycles. The molecule has 0 aliphatic carbocycles. The van der Waals surface area contributed by atoms with E-state index >= 15 is 0 Å². The van der Waals surface area contributed by atoms with Crippen LogP contribution in [0.5, 0.6) is 0 Å². The Morgan fingerprint density at radius 3 is 2.52 bits per heavy atom. The van der Waals surface area contributed by atoms with Gasteiger partial charge in [0, 0.05) is 24.5 Å². The van der Waals surface area contributed by atoms with Crippen LogP contribution in [0, 0.1) is 12.7 Å². The summed E-state index contributed by atoms with van der Waals surface area (Å²) in [5, 5.41) is 7.24. The predicted octanol–water partition coefficient (Wildman–Crippen LogP) is 4.52. The number of benzene rings is 1. The summed E-state index contributed by atoms with van der Waals surface area (Å²) in [4.78, 5) is 25.7. The van der Waals surface area contributed by atoms with Gasteiger partial charge in [-0.15, -0.1) is 0 Å². The third-order valence-corrected chi connectivity index (χ3v) is 4.78. The van der Waals surface area contributed by atoms with Crippen LogP contribution in [0.15, 0.2) is 36.5 Å². The Balaban J connectivity index is 2.08. The van der Waals surface area contributed by atoms with Crippen LogP contribution in [0.2, 0.25) is 0 Å². The summed E-state index contributed by atoms with van der Waals surface area (Å²) in [6, 6.07) is 7.65. The number of hydrogen-bond acceptors (Lipinski definition) is 4. The van der Waals surface area contributed by atoms with Gasteiger partial charge in [-0.25, -0.2) is 9.18 Å². The number of anilines is 1. The number of nitrogens with one attached hydrogen (secondary N) is 1. The number of amides is 1. The Labute approximate surface area is 180 Å². The van der Waals surface area contributed by atoms with Crippen LogP contribution in [0.1, 0.15) is 54.4 Å². The van der Waals surface area contributed by atoms with Gasteiger partial charge in [-0.05, 0) is 58.4 Å². The normalized spacial score (nSPS) is 11.5. The van der Waals surface area contributed by atoms with Crippen LogP contribution in [0.3, 0.4) is 0 Å². The SMILES string of the molecule is CCOC(=O)c1c(NC(=O)c2cc(C)n(C(C)(C)C)n2)c(-c2cccc(F)c2)cn1C. The van der Waals surface area contributed by atoms with Crippen LogP contribution < -0.4 is 5.32 Å². The highest BCUT2D eigenvalue weighted by Gasteiger charge is 2.26. The second kappa shape index (κ2) is 8.37. The Morgan fingerprint density at radius 2 is 1.94 bits per heavy atom. The van der Waals surface area contributed by atoms with Gasteiger partial charge in [0.25, 0.3) is 5.91 Å². The van der Waals surface area contributed by atoms with Crippen LogP contribution in [-0.2, 0) is 17.3 Å². The fourth-order valence-corrected chi connectivity index (χ4v) is 3.52. The molecule has 1 N–H and O–H groups in total. The molecule has 0 fully saturated rings. The molecular formula is C23H27FN4O3. The van der Waals surface area contributed by atoms with Crippen molar-refractivity contribution in [1.82, 2.24) is 14.3 Å². The summed E-state index contributed by atoms with van der Waals surface area (Å²) in [6.45, 7) is 9.74. The van der Waals surface area contributed by atoms with Crippen molar-refractivity contribution in [3.8, 4) is 11.1 Å². The van der Waals surface area contributed by atoms with E-state index in [2.05, 4.69) is 10.4 Å².